The van der Waals surface area contributed by atoms with E-state index in [4.69, 9.17) is 8.83 Å². The molecular formula is C48H31NO2. The van der Waals surface area contributed by atoms with Crippen molar-refractivity contribution in [2.24, 2.45) is 0 Å². The molecule has 3 heteroatoms. The summed E-state index contributed by atoms with van der Waals surface area (Å²) >= 11 is 0. The lowest BCUT2D eigenvalue weighted by atomic mass is 9.97. The molecule has 2 heterocycles. The fourth-order valence-corrected chi connectivity index (χ4v) is 7.36. The minimum Gasteiger partial charge on any atom is -0.456 e. The quantitative estimate of drug-likeness (QED) is 0.179. The van der Waals surface area contributed by atoms with E-state index in [1.165, 1.54) is 22.3 Å². The second-order valence-corrected chi connectivity index (χ2v) is 12.9. The summed E-state index contributed by atoms with van der Waals surface area (Å²) in [5.74, 6) is 0. The number of fused-ring (bicyclic) bond motifs is 6. The Bertz CT molecular complexity index is 2750. The molecule has 0 saturated heterocycles. The van der Waals surface area contributed by atoms with Gasteiger partial charge in [0.05, 0.1) is 5.69 Å². The van der Waals surface area contributed by atoms with Crippen LogP contribution in [0.1, 0.15) is 0 Å². The van der Waals surface area contributed by atoms with E-state index in [1.54, 1.807) is 0 Å². The highest BCUT2D eigenvalue weighted by atomic mass is 16.3. The average molecular weight is 654 g/mol. The van der Waals surface area contributed by atoms with Gasteiger partial charge in [-0.05, 0) is 82.4 Å². The van der Waals surface area contributed by atoms with Crippen molar-refractivity contribution < 1.29 is 8.83 Å². The van der Waals surface area contributed by atoms with E-state index in [0.29, 0.717) is 0 Å². The van der Waals surface area contributed by atoms with Gasteiger partial charge in [0.1, 0.15) is 22.3 Å². The van der Waals surface area contributed by atoms with Crippen LogP contribution in [0.5, 0.6) is 0 Å². The van der Waals surface area contributed by atoms with Gasteiger partial charge in [-0.1, -0.05) is 127 Å². The van der Waals surface area contributed by atoms with Gasteiger partial charge >= 0.3 is 0 Å². The molecule has 51 heavy (non-hydrogen) atoms. The number of anilines is 3. The summed E-state index contributed by atoms with van der Waals surface area (Å²) in [6.07, 6.45) is 0. The van der Waals surface area contributed by atoms with E-state index in [0.717, 1.165) is 72.1 Å². The summed E-state index contributed by atoms with van der Waals surface area (Å²) in [6.45, 7) is 0. The van der Waals surface area contributed by atoms with Crippen LogP contribution < -0.4 is 4.90 Å². The third-order valence-electron chi connectivity index (χ3n) is 9.89. The first-order valence-electron chi connectivity index (χ1n) is 17.2. The minimum absolute atomic E-state index is 0.844. The second-order valence-electron chi connectivity index (χ2n) is 12.9. The molecule has 3 nitrogen and oxygen atoms in total. The summed E-state index contributed by atoms with van der Waals surface area (Å²) in [4.78, 5) is 2.35. The molecule has 0 amide bonds. The largest absolute Gasteiger partial charge is 0.456 e. The van der Waals surface area contributed by atoms with Crippen molar-refractivity contribution in [3.05, 3.63) is 188 Å². The molecular weight excluding hydrogens is 623 g/mol. The monoisotopic (exact) mass is 653 g/mol. The van der Waals surface area contributed by atoms with Gasteiger partial charge in [0.25, 0.3) is 0 Å². The summed E-state index contributed by atoms with van der Waals surface area (Å²) in [7, 11) is 0. The Morgan fingerprint density at radius 3 is 1.29 bits per heavy atom. The molecule has 10 rings (SSSR count). The lowest BCUT2D eigenvalue weighted by Crippen LogP contribution is -2.11. The van der Waals surface area contributed by atoms with Gasteiger partial charge in [0.15, 0.2) is 0 Å². The van der Waals surface area contributed by atoms with Gasteiger partial charge < -0.3 is 13.7 Å². The van der Waals surface area contributed by atoms with E-state index in [2.05, 4.69) is 169 Å². The predicted octanol–water partition coefficient (Wildman–Crippen LogP) is 14.0. The molecule has 0 unspecified atom stereocenters. The van der Waals surface area contributed by atoms with Crippen LogP contribution in [0.15, 0.2) is 197 Å². The molecule has 0 saturated carbocycles. The van der Waals surface area contributed by atoms with Crippen LogP contribution in [-0.2, 0) is 0 Å². The minimum atomic E-state index is 0.844. The van der Waals surface area contributed by atoms with Crippen molar-refractivity contribution in [3.8, 4) is 33.4 Å². The number of rotatable bonds is 6. The molecule has 8 aromatic carbocycles. The normalized spacial score (nSPS) is 11.5. The number of hydrogen-bond acceptors (Lipinski definition) is 3. The van der Waals surface area contributed by atoms with Crippen molar-refractivity contribution >= 4 is 60.9 Å². The first kappa shape index (κ1) is 29.1. The summed E-state index contributed by atoms with van der Waals surface area (Å²) < 4.78 is 12.8. The number of para-hydroxylation sites is 2. The number of benzene rings is 8. The Morgan fingerprint density at radius 1 is 0.294 bits per heavy atom. The first-order valence-corrected chi connectivity index (χ1v) is 17.2. The van der Waals surface area contributed by atoms with Crippen LogP contribution in [-0.4, -0.2) is 0 Å². The highest BCUT2D eigenvalue weighted by Gasteiger charge is 2.22. The second kappa shape index (κ2) is 11.9. The molecule has 2 aromatic heterocycles. The molecule has 0 atom stereocenters. The predicted molar refractivity (Wildman–Crippen MR) is 212 cm³/mol. The number of furan rings is 2. The maximum Gasteiger partial charge on any atom is 0.137 e. The Morgan fingerprint density at radius 2 is 0.725 bits per heavy atom. The van der Waals surface area contributed by atoms with Gasteiger partial charge in [0.2, 0.25) is 0 Å². The third-order valence-corrected chi connectivity index (χ3v) is 9.89. The van der Waals surface area contributed by atoms with Crippen LogP contribution in [0, 0.1) is 0 Å². The summed E-state index contributed by atoms with van der Waals surface area (Å²) in [6, 6.07) is 66.3. The highest BCUT2D eigenvalue weighted by Crippen LogP contribution is 2.46. The van der Waals surface area contributed by atoms with Crippen molar-refractivity contribution in [1.29, 1.82) is 0 Å². The Hall–Kier alpha value is -6.84. The van der Waals surface area contributed by atoms with Crippen LogP contribution in [0.25, 0.3) is 77.3 Å². The van der Waals surface area contributed by atoms with E-state index >= 15 is 0 Å². The van der Waals surface area contributed by atoms with E-state index < -0.39 is 0 Å². The molecule has 0 fully saturated rings. The summed E-state index contributed by atoms with van der Waals surface area (Å²) in [5, 5.41) is 4.38. The smallest absolute Gasteiger partial charge is 0.137 e. The Labute approximate surface area is 295 Å². The molecule has 240 valence electrons. The van der Waals surface area contributed by atoms with Gasteiger partial charge in [-0.3, -0.25) is 0 Å². The average Bonchev–Trinajstić information content (AvgIpc) is 3.76. The van der Waals surface area contributed by atoms with Crippen molar-refractivity contribution in [2.45, 2.75) is 0 Å². The van der Waals surface area contributed by atoms with E-state index in [9.17, 15) is 0 Å². The van der Waals surface area contributed by atoms with E-state index in [-0.39, 0.29) is 0 Å². The maximum absolute atomic E-state index is 6.53. The van der Waals surface area contributed by atoms with E-state index in [1.807, 2.05) is 24.3 Å². The van der Waals surface area contributed by atoms with Crippen LogP contribution in [0.4, 0.5) is 17.1 Å². The van der Waals surface area contributed by atoms with Crippen LogP contribution in [0.3, 0.4) is 0 Å². The lowest BCUT2D eigenvalue weighted by molar-refractivity contribution is 0.668. The standard InChI is InChI=1S/C48H31NO2/c1-3-11-32(12-4-1)34-19-24-37(25-20-34)49(38-26-21-35(22-27-38)33-13-5-2-6-14-33)44-31-48-43(40-16-8-10-18-46(40)51-48)30-41(44)36-23-28-47-42(29-36)39-15-7-9-17-45(39)50-47/h1-31H. The molecule has 0 aliphatic carbocycles. The van der Waals surface area contributed by atoms with Crippen molar-refractivity contribution in [3.63, 3.8) is 0 Å². The molecule has 0 aliphatic rings. The van der Waals surface area contributed by atoms with Gasteiger partial charge in [-0.15, -0.1) is 0 Å². The van der Waals surface area contributed by atoms with Crippen LogP contribution >= 0.6 is 0 Å². The Kier molecular flexibility index (Phi) is 6.81. The highest BCUT2D eigenvalue weighted by molar-refractivity contribution is 6.11. The lowest BCUT2D eigenvalue weighted by Gasteiger charge is -2.28. The van der Waals surface area contributed by atoms with Crippen LogP contribution in [0.2, 0.25) is 0 Å². The molecule has 10 aromatic rings. The molecule has 0 bridgehead atoms. The molecule has 0 aliphatic heterocycles. The fourth-order valence-electron chi connectivity index (χ4n) is 7.36. The van der Waals surface area contributed by atoms with Gasteiger partial charge in [-0.25, -0.2) is 0 Å². The number of hydrogen-bond donors (Lipinski definition) is 0. The van der Waals surface area contributed by atoms with Gasteiger partial charge in [0, 0.05) is 44.5 Å². The third kappa shape index (κ3) is 5.06. The fraction of sp³-hybridized carbons (Fsp3) is 0. The molecule has 0 spiro atoms. The topological polar surface area (TPSA) is 29.5 Å². The number of nitrogens with zero attached hydrogens (tertiary/aromatic N) is 1. The first-order chi connectivity index (χ1) is 25.3. The maximum atomic E-state index is 6.53. The molecule has 0 radical (unpaired) electrons. The zero-order chi connectivity index (χ0) is 33.7. The Balaban J connectivity index is 1.22. The zero-order valence-corrected chi connectivity index (χ0v) is 27.7. The zero-order valence-electron chi connectivity index (χ0n) is 27.7. The van der Waals surface area contributed by atoms with Crippen molar-refractivity contribution in [2.75, 3.05) is 4.90 Å². The van der Waals surface area contributed by atoms with Gasteiger partial charge in [-0.2, -0.15) is 0 Å². The van der Waals surface area contributed by atoms with Crippen molar-refractivity contribution in [1.82, 2.24) is 0 Å². The summed E-state index contributed by atoms with van der Waals surface area (Å²) in [5.41, 5.74) is 13.5. The SMILES string of the molecule is c1ccc(-c2ccc(N(c3ccc(-c4ccccc4)cc3)c3cc4oc5ccccc5c4cc3-c3ccc4oc5ccccc5c4c3)cc2)cc1. The molecule has 0 N–H and O–H groups in total.